The maximum absolute atomic E-state index is 13.1. The molecule has 17 nitrogen and oxygen atoms in total. The number of hydrogen-bond donors (Lipinski definition) is 4. The summed E-state index contributed by atoms with van der Waals surface area (Å²) in [6, 6.07) is -1.34. The summed E-state index contributed by atoms with van der Waals surface area (Å²) >= 11 is 0.947. The van der Waals surface area contributed by atoms with Gasteiger partial charge in [-0.25, -0.2) is 23.6 Å². The number of carboxylic acids is 2. The van der Waals surface area contributed by atoms with Gasteiger partial charge in [0.05, 0.1) is 24.7 Å². The van der Waals surface area contributed by atoms with E-state index < -0.39 is 75.9 Å². The van der Waals surface area contributed by atoms with Crippen LogP contribution in [0.2, 0.25) is 0 Å². The summed E-state index contributed by atoms with van der Waals surface area (Å²) in [6.07, 6.45) is 0.322. The summed E-state index contributed by atoms with van der Waals surface area (Å²) in [7, 11) is -5.02. The van der Waals surface area contributed by atoms with E-state index in [-0.39, 0.29) is 15.1 Å². The Morgan fingerprint density at radius 1 is 1.28 bits per heavy atom. The molecule has 0 saturated carbocycles. The predicted octanol–water partition coefficient (Wildman–Crippen LogP) is -1.11. The van der Waals surface area contributed by atoms with Gasteiger partial charge >= 0.3 is 22.2 Å². The molecule has 1 fully saturated rings. The number of Topliss-reactive ketones (excluding diaryl/α,β-unsaturated/α-hetero) is 1. The number of oxime groups is 1. The van der Waals surface area contributed by atoms with Crippen molar-refractivity contribution in [2.24, 2.45) is 11.1 Å². The molecule has 0 aromatic carbocycles. The van der Waals surface area contributed by atoms with E-state index in [1.165, 1.54) is 19.2 Å². The molecule has 19 heteroatoms. The zero-order valence-corrected chi connectivity index (χ0v) is 20.1. The molecule has 0 bridgehead atoms. The highest BCUT2D eigenvalue weighted by molar-refractivity contribution is 7.84. The average Bonchev–Trinajstić information content (AvgIpc) is 3.40. The van der Waals surface area contributed by atoms with Gasteiger partial charge in [0.2, 0.25) is 11.5 Å². The topological polar surface area (TPSA) is 258 Å². The highest BCUT2D eigenvalue weighted by atomic mass is 32.2. The summed E-state index contributed by atoms with van der Waals surface area (Å²) in [5, 5.41) is 30.1. The van der Waals surface area contributed by atoms with Crippen molar-refractivity contribution in [3.63, 3.8) is 0 Å². The molecule has 194 valence electrons. The molecule has 0 radical (unpaired) electrons. The molecule has 2 aromatic rings. The van der Waals surface area contributed by atoms with Crippen molar-refractivity contribution in [1.29, 1.82) is 0 Å². The Labute approximate surface area is 206 Å². The van der Waals surface area contributed by atoms with E-state index in [0.717, 1.165) is 22.2 Å². The Morgan fingerprint density at radius 3 is 2.44 bits per heavy atom. The number of carbonyl (C=O) groups excluding carboxylic acids is 2. The van der Waals surface area contributed by atoms with E-state index in [4.69, 9.17) is 15.7 Å². The number of thiazole rings is 1. The summed E-state index contributed by atoms with van der Waals surface area (Å²) in [5.74, 6) is -6.09. The number of hydrogen-bond acceptors (Lipinski definition) is 13. The predicted molar refractivity (Wildman–Crippen MR) is 118 cm³/mol. The molecule has 0 spiro atoms. The number of aromatic nitrogens is 4. The first kappa shape index (κ1) is 26.6. The number of nitrogens with two attached hydrogens (primary N) is 1. The van der Waals surface area contributed by atoms with Gasteiger partial charge in [0, 0.05) is 11.8 Å². The third kappa shape index (κ3) is 5.47. The van der Waals surface area contributed by atoms with Gasteiger partial charge in [0.25, 0.3) is 0 Å². The number of anilines is 1. The Balaban J connectivity index is 1.90. The highest BCUT2D eigenvalue weighted by Gasteiger charge is 2.54. The van der Waals surface area contributed by atoms with Crippen molar-refractivity contribution in [3.8, 4) is 0 Å². The van der Waals surface area contributed by atoms with Gasteiger partial charge in [-0.15, -0.1) is 16.4 Å². The Bertz CT molecular complexity index is 1360. The van der Waals surface area contributed by atoms with Gasteiger partial charge in [-0.2, -0.15) is 8.42 Å². The third-order valence-electron chi connectivity index (χ3n) is 4.99. The van der Waals surface area contributed by atoms with Gasteiger partial charge in [0.1, 0.15) is 5.69 Å². The molecule has 36 heavy (non-hydrogen) atoms. The number of rotatable bonds is 11. The van der Waals surface area contributed by atoms with Crippen LogP contribution in [-0.2, 0) is 36.1 Å². The van der Waals surface area contributed by atoms with Crippen molar-refractivity contribution in [1.82, 2.24) is 24.3 Å². The van der Waals surface area contributed by atoms with Crippen molar-refractivity contribution >= 4 is 56.1 Å². The molecular weight excluding hydrogens is 526 g/mol. The zero-order valence-electron chi connectivity index (χ0n) is 18.5. The first-order chi connectivity index (χ1) is 16.6. The summed E-state index contributed by atoms with van der Waals surface area (Å²) in [5.41, 5.74) is 2.77. The maximum atomic E-state index is 13.1. The lowest BCUT2D eigenvalue weighted by molar-refractivity contribution is -0.161. The molecule has 1 aliphatic rings. The molecule has 1 aliphatic heterocycles. The van der Waals surface area contributed by atoms with Crippen LogP contribution >= 0.6 is 11.3 Å². The van der Waals surface area contributed by atoms with Crippen molar-refractivity contribution < 1.29 is 47.2 Å². The molecular formula is C17H19N7O10S2. The number of nitrogen functional groups attached to an aromatic ring is 1. The molecule has 3 rings (SSSR count). The number of carbonyl (C=O) groups is 4. The molecule has 0 aliphatic carbocycles. The second-order valence-electron chi connectivity index (χ2n) is 7.96. The Kier molecular flexibility index (Phi) is 7.09. The van der Waals surface area contributed by atoms with Crippen LogP contribution in [0.5, 0.6) is 0 Å². The average molecular weight is 546 g/mol. The van der Waals surface area contributed by atoms with Crippen molar-refractivity contribution in [3.05, 3.63) is 23.0 Å². The van der Waals surface area contributed by atoms with Crippen LogP contribution in [0.3, 0.4) is 0 Å². The molecule has 5 N–H and O–H groups in total. The summed E-state index contributed by atoms with van der Waals surface area (Å²) in [6.45, 7) is 1.92. The summed E-state index contributed by atoms with van der Waals surface area (Å²) in [4.78, 5) is 56.9. The van der Waals surface area contributed by atoms with Crippen LogP contribution in [0.25, 0.3) is 0 Å². The zero-order chi connectivity index (χ0) is 27.0. The van der Waals surface area contributed by atoms with Gasteiger partial charge in [0.15, 0.2) is 22.3 Å². The van der Waals surface area contributed by atoms with E-state index in [0.29, 0.717) is 0 Å². The van der Waals surface area contributed by atoms with Crippen LogP contribution in [0.4, 0.5) is 5.13 Å². The first-order valence-corrected chi connectivity index (χ1v) is 12.1. The van der Waals surface area contributed by atoms with E-state index in [2.05, 4.69) is 20.5 Å². The summed E-state index contributed by atoms with van der Waals surface area (Å²) < 4.78 is 34.0. The van der Waals surface area contributed by atoms with Crippen molar-refractivity contribution in [2.45, 2.75) is 38.5 Å². The van der Waals surface area contributed by atoms with Crippen LogP contribution in [0.15, 0.2) is 16.7 Å². The largest absolute Gasteiger partial charge is 0.478 e. The Hall–Kier alpha value is -3.97. The number of amides is 1. The maximum Gasteiger partial charge on any atom is 0.362 e. The first-order valence-electron chi connectivity index (χ1n) is 9.80. The number of nitrogens with zero attached hydrogens (tertiary/aromatic N) is 6. The van der Waals surface area contributed by atoms with E-state index in [9.17, 15) is 37.3 Å². The fourth-order valence-electron chi connectivity index (χ4n) is 3.09. The SMILES string of the molecule is CC(C)(O/N=C(\C(=O)C[C@@H]1C(=O)N(S(=O)(=O)O)[C@@H]1Cn1cc(C(=O)O)nn1)c1csc(N)n1)C(=O)O. The molecule has 3 heterocycles. The lowest BCUT2D eigenvalue weighted by atomic mass is 9.84. The van der Waals surface area contributed by atoms with E-state index in [1.807, 2.05) is 0 Å². The van der Waals surface area contributed by atoms with Gasteiger partial charge in [-0.05, 0) is 13.8 Å². The standard InChI is InChI=1S/C17H19N7O10S2/c1-17(2,15(29)30)34-21-12(9-6-35-16(18)19-9)11(25)3-7-10(24(13(7)26)36(31,32)33)5-23-4-8(14(27)28)20-22-23/h4,6-7,10H,3,5H2,1-2H3,(H2,18,19)(H,27,28)(H,29,30)(H,31,32,33)/b21-12-/t7-,10+/m0/s1. The van der Waals surface area contributed by atoms with Gasteiger partial charge < -0.3 is 20.8 Å². The van der Waals surface area contributed by atoms with Crippen LogP contribution in [0.1, 0.15) is 36.5 Å². The lowest BCUT2D eigenvalue weighted by Gasteiger charge is -2.43. The number of aliphatic carboxylic acids is 1. The molecule has 2 atom stereocenters. The molecule has 1 saturated heterocycles. The lowest BCUT2D eigenvalue weighted by Crippen LogP contribution is -2.64. The monoisotopic (exact) mass is 545 g/mol. The Morgan fingerprint density at radius 2 is 1.94 bits per heavy atom. The van der Waals surface area contributed by atoms with Gasteiger partial charge in [-0.1, -0.05) is 10.4 Å². The molecule has 1 amide bonds. The van der Waals surface area contributed by atoms with E-state index >= 15 is 0 Å². The minimum Gasteiger partial charge on any atom is -0.478 e. The highest BCUT2D eigenvalue weighted by Crippen LogP contribution is 2.34. The minimum atomic E-state index is -5.02. The van der Waals surface area contributed by atoms with Crippen LogP contribution in [0, 0.1) is 5.92 Å². The molecule has 2 aromatic heterocycles. The second-order valence-corrected chi connectivity index (χ2v) is 10.1. The molecule has 0 unspecified atom stereocenters. The van der Waals surface area contributed by atoms with E-state index in [1.54, 1.807) is 0 Å². The fourth-order valence-corrected chi connectivity index (χ4v) is 4.56. The normalized spacial score (nSPS) is 18.6. The number of β-lactam (4-membered cyclic amide) rings is 1. The number of aromatic carboxylic acids is 1. The quantitative estimate of drug-likeness (QED) is 0.113. The number of ketones is 1. The minimum absolute atomic E-state index is 0.0542. The fraction of sp³-hybridized carbons (Fsp3) is 0.412. The van der Waals surface area contributed by atoms with Crippen LogP contribution in [-0.4, -0.2) is 88.5 Å². The third-order valence-corrected chi connectivity index (χ3v) is 6.62. The second kappa shape index (κ2) is 9.59. The van der Waals surface area contributed by atoms with Crippen molar-refractivity contribution in [2.75, 3.05) is 5.73 Å². The number of carboxylic acid groups (broad SMARTS) is 2. The van der Waals surface area contributed by atoms with Gasteiger partial charge in [-0.3, -0.25) is 14.1 Å². The van der Waals surface area contributed by atoms with Crippen LogP contribution < -0.4 is 5.73 Å². The smallest absolute Gasteiger partial charge is 0.362 e.